The summed E-state index contributed by atoms with van der Waals surface area (Å²) in [6.07, 6.45) is 2.87. The van der Waals surface area contributed by atoms with Crippen LogP contribution in [0.3, 0.4) is 0 Å². The molecule has 0 spiro atoms. The Balaban J connectivity index is 1.67. The van der Waals surface area contributed by atoms with Crippen LogP contribution in [0.1, 0.15) is 28.8 Å². The van der Waals surface area contributed by atoms with Gasteiger partial charge in [0.15, 0.2) is 5.78 Å². The lowest BCUT2D eigenvalue weighted by Crippen LogP contribution is -2.31. The smallest absolute Gasteiger partial charge is 0.164 e. The molecule has 0 saturated carbocycles. The van der Waals surface area contributed by atoms with Crippen molar-refractivity contribution in [2.45, 2.75) is 19.3 Å². The summed E-state index contributed by atoms with van der Waals surface area (Å²) in [5, 5.41) is 0. The van der Waals surface area contributed by atoms with Crippen LogP contribution in [0.4, 0.5) is 5.69 Å². The third-order valence-corrected chi connectivity index (χ3v) is 4.46. The molecule has 0 aliphatic carbocycles. The Morgan fingerprint density at radius 2 is 2.00 bits per heavy atom. The van der Waals surface area contributed by atoms with Crippen LogP contribution >= 0.6 is 15.9 Å². The highest BCUT2D eigenvalue weighted by Gasteiger charge is 2.17. The van der Waals surface area contributed by atoms with Gasteiger partial charge in [-0.15, -0.1) is 0 Å². The van der Waals surface area contributed by atoms with Gasteiger partial charge in [0.05, 0.1) is 0 Å². The van der Waals surface area contributed by atoms with Crippen molar-refractivity contribution in [1.82, 2.24) is 0 Å². The SMILES string of the molecule is O=C(CCN1CCCc2ccccc21)c1cccc(Br)c1. The van der Waals surface area contributed by atoms with Gasteiger partial charge in [0.25, 0.3) is 0 Å². The number of anilines is 1. The molecule has 0 amide bonds. The monoisotopic (exact) mass is 343 g/mol. The number of nitrogens with zero attached hydrogens (tertiary/aromatic N) is 1. The summed E-state index contributed by atoms with van der Waals surface area (Å²) in [6, 6.07) is 16.2. The molecule has 2 nitrogen and oxygen atoms in total. The van der Waals surface area contributed by atoms with Crippen molar-refractivity contribution in [3.05, 3.63) is 64.1 Å². The molecule has 0 bridgehead atoms. The first-order valence-corrected chi connectivity index (χ1v) is 8.15. The summed E-state index contributed by atoms with van der Waals surface area (Å²) in [5.74, 6) is 0.208. The van der Waals surface area contributed by atoms with Crippen LogP contribution < -0.4 is 4.90 Å². The fourth-order valence-corrected chi connectivity index (χ4v) is 3.29. The van der Waals surface area contributed by atoms with E-state index in [1.54, 1.807) is 0 Å². The number of ketones is 1. The van der Waals surface area contributed by atoms with Crippen LogP contribution in [0.15, 0.2) is 53.0 Å². The third-order valence-electron chi connectivity index (χ3n) is 3.96. The quantitative estimate of drug-likeness (QED) is 0.763. The molecule has 0 aromatic heterocycles. The van der Waals surface area contributed by atoms with Crippen molar-refractivity contribution in [3.8, 4) is 0 Å². The van der Waals surface area contributed by atoms with Crippen molar-refractivity contribution in [2.24, 2.45) is 0 Å². The highest BCUT2D eigenvalue weighted by molar-refractivity contribution is 9.10. The molecule has 2 aromatic carbocycles. The van der Waals surface area contributed by atoms with Crippen molar-refractivity contribution < 1.29 is 4.79 Å². The number of halogens is 1. The molecule has 0 unspecified atom stereocenters. The van der Waals surface area contributed by atoms with Gasteiger partial charge in [-0.2, -0.15) is 0 Å². The van der Waals surface area contributed by atoms with Crippen LogP contribution in [0.5, 0.6) is 0 Å². The third kappa shape index (κ3) is 3.35. The van der Waals surface area contributed by atoms with E-state index in [-0.39, 0.29) is 5.78 Å². The van der Waals surface area contributed by atoms with E-state index in [1.807, 2.05) is 24.3 Å². The zero-order valence-corrected chi connectivity index (χ0v) is 13.5. The zero-order valence-electron chi connectivity index (χ0n) is 11.9. The predicted molar refractivity (Wildman–Crippen MR) is 90.1 cm³/mol. The lowest BCUT2D eigenvalue weighted by atomic mass is 10.0. The minimum Gasteiger partial charge on any atom is -0.371 e. The largest absolute Gasteiger partial charge is 0.371 e. The van der Waals surface area contributed by atoms with E-state index in [2.05, 4.69) is 45.1 Å². The number of fused-ring (bicyclic) bond motifs is 1. The molecule has 0 saturated heterocycles. The summed E-state index contributed by atoms with van der Waals surface area (Å²) < 4.78 is 0.955. The normalized spacial score (nSPS) is 13.9. The molecule has 3 heteroatoms. The Morgan fingerprint density at radius 3 is 2.86 bits per heavy atom. The number of carbonyl (C=O) groups excluding carboxylic acids is 1. The molecule has 3 rings (SSSR count). The van der Waals surface area contributed by atoms with E-state index < -0.39 is 0 Å². The number of Topliss-reactive ketones (excluding diaryl/α,β-unsaturated/α-hetero) is 1. The summed E-state index contributed by atoms with van der Waals surface area (Å²) in [7, 11) is 0. The van der Waals surface area contributed by atoms with Crippen LogP contribution in [0, 0.1) is 0 Å². The van der Waals surface area contributed by atoms with Gasteiger partial charge in [0.1, 0.15) is 0 Å². The maximum Gasteiger partial charge on any atom is 0.164 e. The number of rotatable bonds is 4. The number of para-hydroxylation sites is 1. The second-order valence-electron chi connectivity index (χ2n) is 5.40. The van der Waals surface area contributed by atoms with Gasteiger partial charge in [0, 0.05) is 35.2 Å². The fourth-order valence-electron chi connectivity index (χ4n) is 2.89. The minimum absolute atomic E-state index is 0.208. The highest BCUT2D eigenvalue weighted by atomic mass is 79.9. The minimum atomic E-state index is 0.208. The van der Waals surface area contributed by atoms with E-state index in [0.717, 1.165) is 29.5 Å². The van der Waals surface area contributed by atoms with Gasteiger partial charge < -0.3 is 4.90 Å². The Hall–Kier alpha value is -1.61. The van der Waals surface area contributed by atoms with Crippen LogP contribution in [0.25, 0.3) is 0 Å². The fraction of sp³-hybridized carbons (Fsp3) is 0.278. The van der Waals surface area contributed by atoms with E-state index in [0.29, 0.717) is 6.42 Å². The Labute approximate surface area is 133 Å². The van der Waals surface area contributed by atoms with Gasteiger partial charge in [-0.1, -0.05) is 46.3 Å². The van der Waals surface area contributed by atoms with Crippen molar-refractivity contribution in [1.29, 1.82) is 0 Å². The highest BCUT2D eigenvalue weighted by Crippen LogP contribution is 2.26. The van der Waals surface area contributed by atoms with E-state index in [1.165, 1.54) is 17.7 Å². The molecule has 21 heavy (non-hydrogen) atoms. The predicted octanol–water partition coefficient (Wildman–Crippen LogP) is 4.47. The molecule has 2 aromatic rings. The zero-order chi connectivity index (χ0) is 14.7. The first kappa shape index (κ1) is 14.3. The Bertz CT molecular complexity index is 653. The maximum atomic E-state index is 12.3. The molecule has 1 aliphatic rings. The first-order valence-electron chi connectivity index (χ1n) is 7.35. The average molecular weight is 344 g/mol. The summed E-state index contributed by atoms with van der Waals surface area (Å²) >= 11 is 3.42. The van der Waals surface area contributed by atoms with Gasteiger partial charge in [0.2, 0.25) is 0 Å². The van der Waals surface area contributed by atoms with Gasteiger partial charge >= 0.3 is 0 Å². The van der Waals surface area contributed by atoms with E-state index >= 15 is 0 Å². The Morgan fingerprint density at radius 1 is 1.14 bits per heavy atom. The molecule has 0 N–H and O–H groups in total. The number of benzene rings is 2. The van der Waals surface area contributed by atoms with E-state index in [4.69, 9.17) is 0 Å². The van der Waals surface area contributed by atoms with Crippen LogP contribution in [0.2, 0.25) is 0 Å². The number of aryl methyl sites for hydroxylation is 1. The van der Waals surface area contributed by atoms with Crippen molar-refractivity contribution in [3.63, 3.8) is 0 Å². The number of hydrogen-bond acceptors (Lipinski definition) is 2. The molecule has 1 aliphatic heterocycles. The average Bonchev–Trinajstić information content (AvgIpc) is 2.52. The summed E-state index contributed by atoms with van der Waals surface area (Å²) in [5.41, 5.74) is 3.49. The van der Waals surface area contributed by atoms with E-state index in [9.17, 15) is 4.79 Å². The van der Waals surface area contributed by atoms with Crippen molar-refractivity contribution >= 4 is 27.4 Å². The standard InChI is InChI=1S/C18H18BrNO/c19-16-8-3-6-15(13-16)18(21)10-12-20-11-4-7-14-5-1-2-9-17(14)20/h1-3,5-6,8-9,13H,4,7,10-12H2. The second kappa shape index (κ2) is 6.44. The molecule has 0 atom stereocenters. The Kier molecular flexibility index (Phi) is 4.39. The molecular formula is C18H18BrNO. The molecule has 1 heterocycles. The summed E-state index contributed by atoms with van der Waals surface area (Å²) in [6.45, 7) is 1.84. The topological polar surface area (TPSA) is 20.3 Å². The van der Waals surface area contributed by atoms with Gasteiger partial charge in [-0.25, -0.2) is 0 Å². The maximum absolute atomic E-state index is 12.3. The lowest BCUT2D eigenvalue weighted by molar-refractivity contribution is 0.0984. The molecule has 108 valence electrons. The van der Waals surface area contributed by atoms with Crippen LogP contribution in [-0.2, 0) is 6.42 Å². The number of hydrogen-bond donors (Lipinski definition) is 0. The van der Waals surface area contributed by atoms with Gasteiger partial charge in [-0.05, 0) is 36.6 Å². The summed E-state index contributed by atoms with van der Waals surface area (Å²) in [4.78, 5) is 14.6. The second-order valence-corrected chi connectivity index (χ2v) is 6.32. The van der Waals surface area contributed by atoms with Crippen molar-refractivity contribution in [2.75, 3.05) is 18.0 Å². The first-order chi connectivity index (χ1) is 10.2. The van der Waals surface area contributed by atoms with Gasteiger partial charge in [-0.3, -0.25) is 4.79 Å². The van der Waals surface area contributed by atoms with Crippen LogP contribution in [-0.4, -0.2) is 18.9 Å². The molecule has 0 fully saturated rings. The number of carbonyl (C=O) groups is 1. The molecular weight excluding hydrogens is 326 g/mol. The lowest BCUT2D eigenvalue weighted by Gasteiger charge is -2.31. The molecule has 0 radical (unpaired) electrons.